The van der Waals surface area contributed by atoms with Crippen molar-refractivity contribution in [1.29, 1.82) is 0 Å². The SMILES string of the molecule is Cc1cc(=O)c(C(=O)N2CCN(Cc3cccc(Cl)c3)CC2)nn1-c1cccc(C(F)(F)F)c1. The first-order chi connectivity index (χ1) is 16.1. The van der Waals surface area contributed by atoms with E-state index in [0.717, 1.165) is 17.7 Å². The molecular weight excluding hydrogens is 469 g/mol. The van der Waals surface area contributed by atoms with E-state index in [1.54, 1.807) is 11.8 Å². The topological polar surface area (TPSA) is 58.4 Å². The van der Waals surface area contributed by atoms with Crippen LogP contribution in [0, 0.1) is 6.92 Å². The van der Waals surface area contributed by atoms with Crippen molar-refractivity contribution in [2.24, 2.45) is 0 Å². The number of alkyl halides is 3. The zero-order valence-electron chi connectivity index (χ0n) is 18.3. The smallest absolute Gasteiger partial charge is 0.335 e. The van der Waals surface area contributed by atoms with Crippen LogP contribution >= 0.6 is 11.6 Å². The van der Waals surface area contributed by atoms with E-state index in [0.29, 0.717) is 43.4 Å². The largest absolute Gasteiger partial charge is 0.416 e. The molecule has 4 rings (SSSR count). The average molecular weight is 491 g/mol. The molecule has 0 bridgehead atoms. The van der Waals surface area contributed by atoms with Gasteiger partial charge in [-0.2, -0.15) is 18.3 Å². The first-order valence-corrected chi connectivity index (χ1v) is 11.0. The highest BCUT2D eigenvalue weighted by Crippen LogP contribution is 2.30. The number of nitrogens with zero attached hydrogens (tertiary/aromatic N) is 4. The zero-order chi connectivity index (χ0) is 24.5. The molecule has 0 N–H and O–H groups in total. The summed E-state index contributed by atoms with van der Waals surface area (Å²) in [6.45, 7) is 4.25. The van der Waals surface area contributed by atoms with Crippen molar-refractivity contribution in [3.63, 3.8) is 0 Å². The lowest BCUT2D eigenvalue weighted by Gasteiger charge is -2.34. The molecule has 2 heterocycles. The molecule has 1 saturated heterocycles. The van der Waals surface area contributed by atoms with Crippen molar-refractivity contribution in [1.82, 2.24) is 19.6 Å². The fraction of sp³-hybridized carbons (Fsp3) is 0.292. The second-order valence-corrected chi connectivity index (χ2v) is 8.59. The second-order valence-electron chi connectivity index (χ2n) is 8.16. The highest BCUT2D eigenvalue weighted by atomic mass is 35.5. The lowest BCUT2D eigenvalue weighted by molar-refractivity contribution is -0.137. The Morgan fingerprint density at radius 3 is 2.41 bits per heavy atom. The van der Waals surface area contributed by atoms with Crippen LogP contribution < -0.4 is 5.43 Å². The van der Waals surface area contributed by atoms with Crippen molar-refractivity contribution in [2.45, 2.75) is 19.6 Å². The van der Waals surface area contributed by atoms with Crippen molar-refractivity contribution in [3.8, 4) is 5.69 Å². The van der Waals surface area contributed by atoms with Gasteiger partial charge in [0.15, 0.2) is 5.69 Å². The van der Waals surface area contributed by atoms with Crippen LogP contribution in [0.5, 0.6) is 0 Å². The Kier molecular flexibility index (Phi) is 6.77. The first-order valence-electron chi connectivity index (χ1n) is 10.7. The summed E-state index contributed by atoms with van der Waals surface area (Å²) in [6.07, 6.45) is -4.52. The maximum Gasteiger partial charge on any atom is 0.416 e. The van der Waals surface area contributed by atoms with Crippen LogP contribution in [0.3, 0.4) is 0 Å². The molecule has 1 aromatic heterocycles. The number of rotatable bonds is 4. The molecule has 1 aliphatic heterocycles. The van der Waals surface area contributed by atoms with E-state index in [9.17, 15) is 22.8 Å². The van der Waals surface area contributed by atoms with Gasteiger partial charge in [0.1, 0.15) is 0 Å². The predicted octanol–water partition coefficient (Wildman–Crippen LogP) is 4.17. The van der Waals surface area contributed by atoms with E-state index >= 15 is 0 Å². The molecule has 1 fully saturated rings. The summed E-state index contributed by atoms with van der Waals surface area (Å²) >= 11 is 6.04. The Labute approximate surface area is 199 Å². The van der Waals surface area contributed by atoms with Crippen LogP contribution in [0.4, 0.5) is 13.2 Å². The number of hydrogen-bond acceptors (Lipinski definition) is 4. The molecule has 0 atom stereocenters. The predicted molar refractivity (Wildman–Crippen MR) is 122 cm³/mol. The standard InChI is InChI=1S/C24H22ClF3N4O2/c1-16-12-21(33)22(29-32(16)20-7-3-5-18(14-20)24(26,27)28)23(34)31-10-8-30(9-11-31)15-17-4-2-6-19(25)13-17/h2-7,12-14H,8-11,15H2,1H3. The molecule has 3 aromatic rings. The molecule has 10 heteroatoms. The van der Waals surface area contributed by atoms with Gasteiger partial charge in [-0.25, -0.2) is 4.68 Å². The first kappa shape index (κ1) is 24.0. The van der Waals surface area contributed by atoms with Crippen LogP contribution in [0.1, 0.15) is 27.3 Å². The molecule has 0 spiro atoms. The third-order valence-corrected chi connectivity index (χ3v) is 5.92. The third kappa shape index (κ3) is 5.31. The van der Waals surface area contributed by atoms with Crippen LogP contribution in [-0.4, -0.2) is 51.7 Å². The van der Waals surface area contributed by atoms with Crippen LogP contribution in [0.2, 0.25) is 5.02 Å². The summed E-state index contributed by atoms with van der Waals surface area (Å²) in [5.74, 6) is -0.534. The normalized spacial score (nSPS) is 14.9. The molecule has 0 aliphatic carbocycles. The fourth-order valence-corrected chi connectivity index (χ4v) is 4.14. The van der Waals surface area contributed by atoms with Gasteiger partial charge in [0.2, 0.25) is 5.43 Å². The zero-order valence-corrected chi connectivity index (χ0v) is 19.1. The minimum Gasteiger partial charge on any atom is -0.335 e. The Balaban J connectivity index is 1.51. The lowest BCUT2D eigenvalue weighted by atomic mass is 10.2. The van der Waals surface area contributed by atoms with Gasteiger partial charge < -0.3 is 4.90 Å². The summed E-state index contributed by atoms with van der Waals surface area (Å²) in [5, 5.41) is 4.82. The van der Waals surface area contributed by atoms with Gasteiger partial charge in [0.05, 0.1) is 11.3 Å². The number of aromatic nitrogens is 2. The number of carbonyl (C=O) groups excluding carboxylic acids is 1. The number of carbonyl (C=O) groups is 1. The van der Waals surface area contributed by atoms with Gasteiger partial charge >= 0.3 is 6.18 Å². The van der Waals surface area contributed by atoms with Crippen molar-refractivity contribution in [3.05, 3.63) is 92.4 Å². The van der Waals surface area contributed by atoms with Crippen LogP contribution in [0.25, 0.3) is 5.69 Å². The molecule has 1 aliphatic rings. The van der Waals surface area contributed by atoms with Crippen molar-refractivity contribution < 1.29 is 18.0 Å². The van der Waals surface area contributed by atoms with Gasteiger partial charge in [0.25, 0.3) is 5.91 Å². The number of piperazine rings is 1. The van der Waals surface area contributed by atoms with Gasteiger partial charge in [-0.1, -0.05) is 29.8 Å². The Morgan fingerprint density at radius 1 is 1.03 bits per heavy atom. The maximum atomic E-state index is 13.1. The van der Waals surface area contributed by atoms with Gasteiger partial charge in [-0.15, -0.1) is 0 Å². The lowest BCUT2D eigenvalue weighted by Crippen LogP contribution is -2.49. The summed E-state index contributed by atoms with van der Waals surface area (Å²) < 4.78 is 40.6. The number of aryl methyl sites for hydroxylation is 1. The van der Waals surface area contributed by atoms with E-state index in [-0.39, 0.29) is 11.4 Å². The molecule has 0 unspecified atom stereocenters. The highest BCUT2D eigenvalue weighted by Gasteiger charge is 2.31. The summed E-state index contributed by atoms with van der Waals surface area (Å²) in [7, 11) is 0. The minimum atomic E-state index is -4.52. The molecular formula is C24H22ClF3N4O2. The maximum absolute atomic E-state index is 13.1. The highest BCUT2D eigenvalue weighted by molar-refractivity contribution is 6.30. The molecule has 178 valence electrons. The van der Waals surface area contributed by atoms with Crippen molar-refractivity contribution >= 4 is 17.5 Å². The Hall–Kier alpha value is -3.17. The quantitative estimate of drug-likeness (QED) is 0.551. The van der Waals surface area contributed by atoms with Crippen LogP contribution in [-0.2, 0) is 12.7 Å². The van der Waals surface area contributed by atoms with E-state index in [4.69, 9.17) is 11.6 Å². The van der Waals surface area contributed by atoms with E-state index in [1.165, 1.54) is 22.9 Å². The summed E-state index contributed by atoms with van der Waals surface area (Å²) in [5.41, 5.74) is -0.205. The van der Waals surface area contributed by atoms with Gasteiger partial charge in [-0.3, -0.25) is 14.5 Å². The Bertz CT molecular complexity index is 1270. The monoisotopic (exact) mass is 490 g/mol. The van der Waals surface area contributed by atoms with Crippen LogP contribution in [0.15, 0.2) is 59.4 Å². The number of amides is 1. The molecule has 1 amide bonds. The summed E-state index contributed by atoms with van der Waals surface area (Å²) in [4.78, 5) is 29.4. The number of hydrogen-bond donors (Lipinski definition) is 0. The average Bonchev–Trinajstić information content (AvgIpc) is 2.79. The summed E-state index contributed by atoms with van der Waals surface area (Å²) in [6, 6.07) is 13.4. The minimum absolute atomic E-state index is 0.118. The van der Waals surface area contributed by atoms with E-state index in [1.807, 2.05) is 24.3 Å². The molecule has 0 saturated carbocycles. The fourth-order valence-electron chi connectivity index (χ4n) is 3.92. The molecule has 34 heavy (non-hydrogen) atoms. The van der Waals surface area contributed by atoms with Gasteiger partial charge in [0, 0.05) is 49.5 Å². The Morgan fingerprint density at radius 2 is 1.74 bits per heavy atom. The molecule has 6 nitrogen and oxygen atoms in total. The number of benzene rings is 2. The number of halogens is 4. The van der Waals surface area contributed by atoms with Crippen molar-refractivity contribution in [2.75, 3.05) is 26.2 Å². The molecule has 2 aromatic carbocycles. The van der Waals surface area contributed by atoms with Gasteiger partial charge in [-0.05, 0) is 42.8 Å². The molecule has 0 radical (unpaired) electrons. The second kappa shape index (κ2) is 9.60. The van der Waals surface area contributed by atoms with E-state index in [2.05, 4.69) is 10.00 Å². The van der Waals surface area contributed by atoms with E-state index < -0.39 is 23.1 Å². The third-order valence-electron chi connectivity index (χ3n) is 5.68.